The van der Waals surface area contributed by atoms with Gasteiger partial charge in [-0.3, -0.25) is 4.79 Å². The second-order valence-electron chi connectivity index (χ2n) is 5.68. The smallest absolute Gasteiger partial charge is 0.245 e. The maximum atomic E-state index is 12.6. The third-order valence-electron chi connectivity index (χ3n) is 4.27. The molecule has 1 aromatic carbocycles. The zero-order valence-corrected chi connectivity index (χ0v) is 12.1. The van der Waals surface area contributed by atoms with Crippen molar-refractivity contribution in [3.63, 3.8) is 0 Å². The Kier molecular flexibility index (Phi) is 4.41. The summed E-state index contributed by atoms with van der Waals surface area (Å²) < 4.78 is 5.53. The number of aliphatic hydroxyl groups excluding tert-OH is 1. The number of hydrogen-bond acceptors (Lipinski definition) is 4. The molecule has 0 aromatic heterocycles. The van der Waals surface area contributed by atoms with Crippen molar-refractivity contribution in [2.24, 2.45) is 0 Å². The first kappa shape index (κ1) is 14.4. The topological polar surface area (TPSA) is 61.8 Å². The molecule has 0 aliphatic carbocycles. The number of anilines is 1. The third-order valence-corrected chi connectivity index (χ3v) is 4.27. The molecule has 0 bridgehead atoms. The van der Waals surface area contributed by atoms with Crippen LogP contribution in [-0.4, -0.2) is 54.4 Å². The maximum Gasteiger partial charge on any atom is 0.245 e. The highest BCUT2D eigenvalue weighted by Gasteiger charge is 2.32. The molecule has 1 aromatic rings. The normalized spacial score (nSPS) is 22.0. The van der Waals surface area contributed by atoms with Crippen molar-refractivity contribution in [1.82, 2.24) is 4.90 Å². The Hall–Kier alpha value is -1.59. The van der Waals surface area contributed by atoms with Crippen LogP contribution in [0, 0.1) is 0 Å². The van der Waals surface area contributed by atoms with E-state index in [0.717, 1.165) is 38.0 Å². The standard InChI is InChI=1S/C16H22N2O3/c19-9-10-21-13-5-7-18(8-6-13)16(20)15-11-12-3-1-2-4-14(12)17-15/h1-4,13,15,17,19H,5-11H2/t15-/m0/s1. The Bertz CT molecular complexity index is 473. The predicted octanol–water partition coefficient (Wildman–Crippen LogP) is 1.02. The van der Waals surface area contributed by atoms with Gasteiger partial charge in [0, 0.05) is 25.2 Å². The van der Waals surface area contributed by atoms with E-state index in [0.29, 0.717) is 6.61 Å². The zero-order valence-electron chi connectivity index (χ0n) is 12.1. The summed E-state index contributed by atoms with van der Waals surface area (Å²) in [6.07, 6.45) is 2.65. The first-order valence-electron chi connectivity index (χ1n) is 7.63. The number of amides is 1. The maximum absolute atomic E-state index is 12.6. The minimum absolute atomic E-state index is 0.0589. The number of ether oxygens (including phenoxy) is 1. The van der Waals surface area contributed by atoms with Crippen molar-refractivity contribution in [3.8, 4) is 0 Å². The van der Waals surface area contributed by atoms with Crippen LogP contribution in [0.2, 0.25) is 0 Å². The van der Waals surface area contributed by atoms with E-state index in [1.165, 1.54) is 5.56 Å². The van der Waals surface area contributed by atoms with E-state index in [4.69, 9.17) is 9.84 Å². The van der Waals surface area contributed by atoms with Gasteiger partial charge in [-0.05, 0) is 24.5 Å². The number of piperidine rings is 1. The molecule has 5 nitrogen and oxygen atoms in total. The second kappa shape index (κ2) is 6.45. The van der Waals surface area contributed by atoms with Crippen LogP contribution in [0.4, 0.5) is 5.69 Å². The van der Waals surface area contributed by atoms with Crippen molar-refractivity contribution in [3.05, 3.63) is 29.8 Å². The summed E-state index contributed by atoms with van der Waals surface area (Å²) in [4.78, 5) is 14.5. The number of nitrogens with one attached hydrogen (secondary N) is 1. The minimum Gasteiger partial charge on any atom is -0.394 e. The lowest BCUT2D eigenvalue weighted by atomic mass is 10.0. The Balaban J connectivity index is 1.52. The third kappa shape index (κ3) is 3.19. The highest BCUT2D eigenvalue weighted by Crippen LogP contribution is 2.26. The molecule has 1 saturated heterocycles. The lowest BCUT2D eigenvalue weighted by Crippen LogP contribution is -2.47. The van der Waals surface area contributed by atoms with Crippen LogP contribution in [0.3, 0.4) is 0 Å². The first-order chi connectivity index (χ1) is 10.3. The lowest BCUT2D eigenvalue weighted by Gasteiger charge is -2.33. The van der Waals surface area contributed by atoms with Gasteiger partial charge in [-0.15, -0.1) is 0 Å². The number of likely N-dealkylation sites (tertiary alicyclic amines) is 1. The number of rotatable bonds is 4. The van der Waals surface area contributed by atoms with Crippen molar-refractivity contribution in [1.29, 1.82) is 0 Å². The molecule has 21 heavy (non-hydrogen) atoms. The van der Waals surface area contributed by atoms with Crippen LogP contribution in [-0.2, 0) is 16.0 Å². The number of hydrogen-bond donors (Lipinski definition) is 2. The van der Waals surface area contributed by atoms with E-state index in [1.807, 2.05) is 23.1 Å². The molecule has 114 valence electrons. The van der Waals surface area contributed by atoms with Crippen LogP contribution in [0.5, 0.6) is 0 Å². The van der Waals surface area contributed by atoms with Crippen molar-refractivity contribution in [2.75, 3.05) is 31.6 Å². The number of aliphatic hydroxyl groups is 1. The number of carbonyl (C=O) groups excluding carboxylic acids is 1. The van der Waals surface area contributed by atoms with Gasteiger partial charge in [0.2, 0.25) is 5.91 Å². The van der Waals surface area contributed by atoms with Crippen LogP contribution < -0.4 is 5.32 Å². The van der Waals surface area contributed by atoms with Crippen molar-refractivity contribution >= 4 is 11.6 Å². The molecule has 1 atom stereocenters. The Morgan fingerprint density at radius 2 is 2.10 bits per heavy atom. The number of benzene rings is 1. The summed E-state index contributed by atoms with van der Waals surface area (Å²) in [5, 5.41) is 12.1. The zero-order chi connectivity index (χ0) is 14.7. The molecular weight excluding hydrogens is 268 g/mol. The van der Waals surface area contributed by atoms with Crippen LogP contribution in [0.1, 0.15) is 18.4 Å². The molecule has 2 aliphatic heterocycles. The quantitative estimate of drug-likeness (QED) is 0.869. The van der Waals surface area contributed by atoms with Gasteiger partial charge in [-0.25, -0.2) is 0 Å². The van der Waals surface area contributed by atoms with E-state index in [9.17, 15) is 4.79 Å². The summed E-state index contributed by atoms with van der Waals surface area (Å²) in [6, 6.07) is 7.97. The average Bonchev–Trinajstić information content (AvgIpc) is 2.96. The molecule has 0 radical (unpaired) electrons. The van der Waals surface area contributed by atoms with E-state index >= 15 is 0 Å². The van der Waals surface area contributed by atoms with Gasteiger partial charge in [0.15, 0.2) is 0 Å². The molecule has 1 fully saturated rings. The molecule has 3 rings (SSSR count). The van der Waals surface area contributed by atoms with Gasteiger partial charge in [-0.1, -0.05) is 18.2 Å². The molecule has 2 N–H and O–H groups in total. The molecular formula is C16H22N2O3. The lowest BCUT2D eigenvalue weighted by molar-refractivity contribution is -0.134. The van der Waals surface area contributed by atoms with Crippen LogP contribution in [0.25, 0.3) is 0 Å². The van der Waals surface area contributed by atoms with Gasteiger partial charge in [0.1, 0.15) is 6.04 Å². The fourth-order valence-corrected chi connectivity index (χ4v) is 3.13. The molecule has 0 unspecified atom stereocenters. The Labute approximate surface area is 124 Å². The molecule has 5 heteroatoms. The average molecular weight is 290 g/mol. The van der Waals surface area contributed by atoms with Crippen molar-refractivity contribution < 1.29 is 14.6 Å². The summed E-state index contributed by atoms with van der Waals surface area (Å²) in [5.74, 6) is 0.187. The SMILES string of the molecule is O=C([C@@H]1Cc2ccccc2N1)N1CCC(OCCO)CC1. The number of carbonyl (C=O) groups is 1. The first-order valence-corrected chi connectivity index (χ1v) is 7.63. The van der Waals surface area contributed by atoms with E-state index in [1.54, 1.807) is 0 Å². The van der Waals surface area contributed by atoms with Gasteiger partial charge in [-0.2, -0.15) is 0 Å². The van der Waals surface area contributed by atoms with E-state index < -0.39 is 0 Å². The Morgan fingerprint density at radius 1 is 1.33 bits per heavy atom. The number of fused-ring (bicyclic) bond motifs is 1. The van der Waals surface area contributed by atoms with Crippen LogP contribution in [0.15, 0.2) is 24.3 Å². The Morgan fingerprint density at radius 3 is 2.81 bits per heavy atom. The van der Waals surface area contributed by atoms with E-state index in [2.05, 4.69) is 11.4 Å². The summed E-state index contributed by atoms with van der Waals surface area (Å²) in [7, 11) is 0. The highest BCUT2D eigenvalue weighted by atomic mass is 16.5. The fourth-order valence-electron chi connectivity index (χ4n) is 3.13. The summed E-state index contributed by atoms with van der Waals surface area (Å²) in [5.41, 5.74) is 2.30. The second-order valence-corrected chi connectivity index (χ2v) is 5.68. The monoisotopic (exact) mass is 290 g/mol. The predicted molar refractivity (Wildman–Crippen MR) is 80.2 cm³/mol. The number of nitrogens with zero attached hydrogens (tertiary/aromatic N) is 1. The minimum atomic E-state index is -0.127. The molecule has 0 spiro atoms. The van der Waals surface area contributed by atoms with E-state index in [-0.39, 0.29) is 24.7 Å². The molecule has 1 amide bonds. The van der Waals surface area contributed by atoms with Crippen molar-refractivity contribution in [2.45, 2.75) is 31.4 Å². The summed E-state index contributed by atoms with van der Waals surface area (Å²) >= 11 is 0. The summed E-state index contributed by atoms with van der Waals surface area (Å²) in [6.45, 7) is 1.93. The molecule has 2 aliphatic rings. The van der Waals surface area contributed by atoms with Gasteiger partial charge in [0.25, 0.3) is 0 Å². The fraction of sp³-hybridized carbons (Fsp3) is 0.562. The largest absolute Gasteiger partial charge is 0.394 e. The molecule has 0 saturated carbocycles. The number of para-hydroxylation sites is 1. The van der Waals surface area contributed by atoms with Crippen LogP contribution >= 0.6 is 0 Å². The highest BCUT2D eigenvalue weighted by molar-refractivity contribution is 5.87. The van der Waals surface area contributed by atoms with Gasteiger partial charge >= 0.3 is 0 Å². The van der Waals surface area contributed by atoms with Gasteiger partial charge in [0.05, 0.1) is 19.3 Å². The molecule has 2 heterocycles. The van der Waals surface area contributed by atoms with Gasteiger partial charge < -0.3 is 20.1 Å².